The van der Waals surface area contributed by atoms with E-state index in [0.29, 0.717) is 5.69 Å². The lowest BCUT2D eigenvalue weighted by Gasteiger charge is -2.28. The number of carbonyl (C=O) groups excluding carboxylic acids is 1. The van der Waals surface area contributed by atoms with E-state index < -0.39 is 0 Å². The van der Waals surface area contributed by atoms with Gasteiger partial charge in [-0.05, 0) is 36.8 Å². The number of rotatable bonds is 3. The number of aryl methyl sites for hydroxylation is 1. The van der Waals surface area contributed by atoms with Crippen LogP contribution in [-0.2, 0) is 0 Å². The lowest BCUT2D eigenvalue weighted by molar-refractivity contribution is 0.0932. The predicted molar refractivity (Wildman–Crippen MR) is 97.9 cm³/mol. The monoisotopic (exact) mass is 332 g/mol. The van der Waals surface area contributed by atoms with Crippen molar-refractivity contribution in [1.82, 2.24) is 15.7 Å². The number of hydrogen-bond acceptors (Lipinski definition) is 4. The van der Waals surface area contributed by atoms with E-state index in [1.165, 1.54) is 11.3 Å². The number of nitrogens with one attached hydrogen (secondary N) is 2. The number of pyridine rings is 1. The van der Waals surface area contributed by atoms with E-state index >= 15 is 0 Å². The number of allylic oxidation sites excluding steroid dienone is 2. The normalized spacial score (nSPS) is 21.6. The molecule has 2 heterocycles. The summed E-state index contributed by atoms with van der Waals surface area (Å²) in [4.78, 5) is 16.6. The number of para-hydroxylation sites is 1. The first-order valence-electron chi connectivity index (χ1n) is 8.43. The Hall–Kier alpha value is -2.92. The zero-order valence-electron chi connectivity index (χ0n) is 14.0. The van der Waals surface area contributed by atoms with Crippen LogP contribution in [-0.4, -0.2) is 23.5 Å². The van der Waals surface area contributed by atoms with Crippen LogP contribution in [0, 0.1) is 12.8 Å². The number of carbonyl (C=O) groups is 1. The van der Waals surface area contributed by atoms with Gasteiger partial charge in [-0.25, -0.2) is 5.43 Å². The molecule has 1 aliphatic carbocycles. The summed E-state index contributed by atoms with van der Waals surface area (Å²) in [6, 6.07) is 13.6. The van der Waals surface area contributed by atoms with Crippen molar-refractivity contribution in [3.05, 3.63) is 83.8 Å². The average molecular weight is 332 g/mol. The van der Waals surface area contributed by atoms with Crippen molar-refractivity contribution < 1.29 is 4.79 Å². The SMILES string of the molecule is Cc1ccccc1N1NCC2C1=CC=C[C@H]2NC(=O)c1ccccn1. The molecular formula is C20H20N4O. The summed E-state index contributed by atoms with van der Waals surface area (Å²) >= 11 is 0. The van der Waals surface area contributed by atoms with Crippen LogP contribution in [0.3, 0.4) is 0 Å². The van der Waals surface area contributed by atoms with Gasteiger partial charge in [0.05, 0.1) is 11.7 Å². The van der Waals surface area contributed by atoms with Crippen LogP contribution in [0.5, 0.6) is 0 Å². The quantitative estimate of drug-likeness (QED) is 0.907. The number of fused-ring (bicyclic) bond motifs is 1. The summed E-state index contributed by atoms with van der Waals surface area (Å²) in [7, 11) is 0. The standard InChI is InChI=1S/C20H20N4O/c1-14-7-2-3-10-18(14)24-19-11-6-9-16(15(19)13-22-24)23-20(25)17-8-4-5-12-21-17/h2-12,15-16,22H,13H2,1H3,(H,23,25)/t15?,16-/m1/s1. The van der Waals surface area contributed by atoms with Gasteiger partial charge in [-0.3, -0.25) is 14.8 Å². The van der Waals surface area contributed by atoms with Crippen molar-refractivity contribution in [2.24, 2.45) is 5.92 Å². The molecule has 1 aromatic carbocycles. The second-order valence-corrected chi connectivity index (χ2v) is 6.28. The molecular weight excluding hydrogens is 312 g/mol. The van der Waals surface area contributed by atoms with E-state index in [1.807, 2.05) is 30.4 Å². The van der Waals surface area contributed by atoms with Gasteiger partial charge in [0.25, 0.3) is 5.91 Å². The topological polar surface area (TPSA) is 57.3 Å². The summed E-state index contributed by atoms with van der Waals surface area (Å²) in [5, 5.41) is 5.23. The molecule has 1 aliphatic heterocycles. The minimum atomic E-state index is -0.147. The van der Waals surface area contributed by atoms with Gasteiger partial charge in [0.15, 0.2) is 0 Å². The fourth-order valence-electron chi connectivity index (χ4n) is 3.38. The molecule has 2 aliphatic rings. The van der Waals surface area contributed by atoms with Gasteiger partial charge in [0.2, 0.25) is 0 Å². The van der Waals surface area contributed by atoms with Gasteiger partial charge >= 0.3 is 0 Å². The molecule has 0 spiro atoms. The Morgan fingerprint density at radius 3 is 2.88 bits per heavy atom. The maximum atomic E-state index is 12.4. The Bertz CT molecular complexity index is 844. The van der Waals surface area contributed by atoms with Crippen LogP contribution in [0.15, 0.2) is 72.6 Å². The van der Waals surface area contributed by atoms with Crippen LogP contribution in [0.4, 0.5) is 5.69 Å². The first-order valence-corrected chi connectivity index (χ1v) is 8.43. The van der Waals surface area contributed by atoms with E-state index in [2.05, 4.69) is 45.9 Å². The number of anilines is 1. The molecule has 1 fully saturated rings. The van der Waals surface area contributed by atoms with Crippen molar-refractivity contribution in [2.75, 3.05) is 11.6 Å². The first-order chi connectivity index (χ1) is 12.2. The van der Waals surface area contributed by atoms with Crippen LogP contribution in [0.25, 0.3) is 0 Å². The van der Waals surface area contributed by atoms with Crippen molar-refractivity contribution in [1.29, 1.82) is 0 Å². The average Bonchev–Trinajstić information content (AvgIpc) is 3.08. The summed E-state index contributed by atoms with van der Waals surface area (Å²) in [5.41, 5.74) is 7.41. The van der Waals surface area contributed by atoms with Crippen LogP contribution in [0.2, 0.25) is 0 Å². The molecule has 2 atom stereocenters. The summed E-state index contributed by atoms with van der Waals surface area (Å²) in [6.07, 6.45) is 7.79. The van der Waals surface area contributed by atoms with Crippen LogP contribution < -0.4 is 15.8 Å². The number of nitrogens with zero attached hydrogens (tertiary/aromatic N) is 2. The molecule has 0 radical (unpaired) electrons. The number of benzene rings is 1. The Kier molecular flexibility index (Phi) is 4.07. The Morgan fingerprint density at radius 1 is 1.24 bits per heavy atom. The van der Waals surface area contributed by atoms with E-state index in [0.717, 1.165) is 12.2 Å². The number of hydrazine groups is 1. The molecule has 5 heteroatoms. The number of aromatic nitrogens is 1. The highest BCUT2D eigenvalue weighted by molar-refractivity contribution is 5.92. The summed E-state index contributed by atoms with van der Waals surface area (Å²) < 4.78 is 0. The van der Waals surface area contributed by atoms with E-state index in [1.54, 1.807) is 18.3 Å². The number of amides is 1. The fraction of sp³-hybridized carbons (Fsp3) is 0.200. The highest BCUT2D eigenvalue weighted by atomic mass is 16.1. The van der Waals surface area contributed by atoms with Gasteiger partial charge in [-0.15, -0.1) is 0 Å². The van der Waals surface area contributed by atoms with E-state index in [-0.39, 0.29) is 17.9 Å². The van der Waals surface area contributed by atoms with Gasteiger partial charge < -0.3 is 5.32 Å². The molecule has 25 heavy (non-hydrogen) atoms. The third-order valence-corrected chi connectivity index (χ3v) is 4.68. The Labute approximate surface area is 147 Å². The Balaban J connectivity index is 1.54. The molecule has 0 bridgehead atoms. The maximum Gasteiger partial charge on any atom is 0.270 e. The van der Waals surface area contributed by atoms with Crippen molar-refractivity contribution in [2.45, 2.75) is 13.0 Å². The van der Waals surface area contributed by atoms with Gasteiger partial charge in [-0.2, -0.15) is 0 Å². The lowest BCUT2D eigenvalue weighted by atomic mass is 9.92. The molecule has 2 aromatic rings. The van der Waals surface area contributed by atoms with E-state index in [4.69, 9.17) is 0 Å². The molecule has 1 unspecified atom stereocenters. The molecule has 2 N–H and O–H groups in total. The number of hydrogen-bond donors (Lipinski definition) is 2. The van der Waals surface area contributed by atoms with Crippen LogP contribution >= 0.6 is 0 Å². The Morgan fingerprint density at radius 2 is 2.08 bits per heavy atom. The second kappa shape index (κ2) is 6.53. The second-order valence-electron chi connectivity index (χ2n) is 6.28. The maximum absolute atomic E-state index is 12.4. The van der Waals surface area contributed by atoms with Crippen LogP contribution in [0.1, 0.15) is 16.1 Å². The van der Waals surface area contributed by atoms with Gasteiger partial charge in [-0.1, -0.05) is 36.4 Å². The third kappa shape index (κ3) is 2.94. The van der Waals surface area contributed by atoms with Crippen molar-refractivity contribution >= 4 is 11.6 Å². The molecule has 5 nitrogen and oxygen atoms in total. The fourth-order valence-corrected chi connectivity index (χ4v) is 3.38. The third-order valence-electron chi connectivity index (χ3n) is 4.68. The van der Waals surface area contributed by atoms with Crippen molar-refractivity contribution in [3.8, 4) is 0 Å². The lowest BCUT2D eigenvalue weighted by Crippen LogP contribution is -2.41. The van der Waals surface area contributed by atoms with Gasteiger partial charge in [0.1, 0.15) is 5.69 Å². The first kappa shape index (κ1) is 15.6. The zero-order valence-corrected chi connectivity index (χ0v) is 14.0. The minimum absolute atomic E-state index is 0.0592. The molecule has 1 amide bonds. The molecule has 126 valence electrons. The molecule has 0 saturated carbocycles. The molecule has 1 saturated heterocycles. The van der Waals surface area contributed by atoms with Gasteiger partial charge in [0, 0.05) is 24.4 Å². The summed E-state index contributed by atoms with van der Waals surface area (Å²) in [6.45, 7) is 2.88. The predicted octanol–water partition coefficient (Wildman–Crippen LogP) is 2.58. The molecule has 4 rings (SSSR count). The zero-order chi connectivity index (χ0) is 17.2. The molecule has 1 aromatic heterocycles. The largest absolute Gasteiger partial charge is 0.344 e. The highest BCUT2D eigenvalue weighted by Gasteiger charge is 2.36. The smallest absolute Gasteiger partial charge is 0.270 e. The van der Waals surface area contributed by atoms with Crippen molar-refractivity contribution in [3.63, 3.8) is 0 Å². The summed E-state index contributed by atoms with van der Waals surface area (Å²) in [5.74, 6) is 0.0445. The highest BCUT2D eigenvalue weighted by Crippen LogP contribution is 2.33. The minimum Gasteiger partial charge on any atom is -0.344 e. The van der Waals surface area contributed by atoms with E-state index in [9.17, 15) is 4.79 Å².